The molecule has 30 heavy (non-hydrogen) atoms. The molecule has 1 saturated heterocycles. The van der Waals surface area contributed by atoms with Gasteiger partial charge in [-0.25, -0.2) is 9.37 Å². The van der Waals surface area contributed by atoms with Gasteiger partial charge in [-0.2, -0.15) is 0 Å². The second-order valence-electron chi connectivity index (χ2n) is 7.73. The van der Waals surface area contributed by atoms with Crippen LogP contribution in [0.5, 0.6) is 0 Å². The Bertz CT molecular complexity index is 873. The average Bonchev–Trinajstić information content (AvgIpc) is 3.13. The molecule has 3 rings (SSSR count). The lowest BCUT2D eigenvalue weighted by Gasteiger charge is -2.35. The number of nitrogens with zero attached hydrogens (tertiary/aromatic N) is 3. The fourth-order valence-corrected chi connectivity index (χ4v) is 3.62. The van der Waals surface area contributed by atoms with E-state index < -0.39 is 0 Å². The van der Waals surface area contributed by atoms with Crippen molar-refractivity contribution in [3.05, 3.63) is 41.5 Å². The zero-order chi connectivity index (χ0) is 21.7. The third kappa shape index (κ3) is 5.44. The number of carbonyl (C=O) groups excluding carboxylic acids is 2. The number of carbonyl (C=O) groups is 2. The molecular weight excluding hydrogens is 387 g/mol. The van der Waals surface area contributed by atoms with E-state index in [9.17, 15) is 14.0 Å². The number of nitrogens with one attached hydrogen (secondary N) is 1. The lowest BCUT2D eigenvalue weighted by Crippen LogP contribution is -2.51. The Hall–Kier alpha value is -2.74. The van der Waals surface area contributed by atoms with E-state index in [-0.39, 0.29) is 29.4 Å². The van der Waals surface area contributed by atoms with Gasteiger partial charge in [-0.15, -0.1) is 0 Å². The number of hydrogen-bond acceptors (Lipinski definition) is 5. The van der Waals surface area contributed by atoms with Crippen molar-refractivity contribution in [3.63, 3.8) is 0 Å². The number of aromatic nitrogens is 1. The molecule has 1 N–H and O–H groups in total. The van der Waals surface area contributed by atoms with E-state index in [4.69, 9.17) is 4.42 Å². The smallest absolute Gasteiger partial charge is 0.289 e. The average molecular weight is 416 g/mol. The van der Waals surface area contributed by atoms with Crippen LogP contribution >= 0.6 is 0 Å². The fraction of sp³-hybridized carbons (Fsp3) is 0.500. The monoisotopic (exact) mass is 416 g/mol. The molecule has 8 heteroatoms. The minimum Gasteiger partial charge on any atom is -0.431 e. The van der Waals surface area contributed by atoms with Gasteiger partial charge in [-0.3, -0.25) is 14.5 Å². The van der Waals surface area contributed by atoms with Crippen LogP contribution in [0.1, 0.15) is 43.4 Å². The maximum absolute atomic E-state index is 13.2. The number of piperazine rings is 1. The first-order chi connectivity index (χ1) is 14.4. The Morgan fingerprint density at radius 1 is 1.20 bits per heavy atom. The van der Waals surface area contributed by atoms with Crippen molar-refractivity contribution in [2.75, 3.05) is 32.7 Å². The van der Waals surface area contributed by atoms with Crippen molar-refractivity contribution in [2.45, 2.75) is 39.7 Å². The largest absolute Gasteiger partial charge is 0.431 e. The normalized spacial score (nSPS) is 15.8. The van der Waals surface area contributed by atoms with Crippen molar-refractivity contribution >= 4 is 11.8 Å². The molecule has 1 aliphatic heterocycles. The predicted molar refractivity (Wildman–Crippen MR) is 112 cm³/mol. The molecule has 0 aliphatic carbocycles. The van der Waals surface area contributed by atoms with Crippen LogP contribution in [0.25, 0.3) is 11.5 Å². The van der Waals surface area contributed by atoms with Gasteiger partial charge in [0, 0.05) is 51.3 Å². The van der Waals surface area contributed by atoms with Crippen LogP contribution in [0.4, 0.5) is 4.39 Å². The van der Waals surface area contributed by atoms with Gasteiger partial charge in [0.1, 0.15) is 5.82 Å². The molecule has 0 spiro atoms. The molecule has 1 aromatic carbocycles. The Balaban J connectivity index is 1.64. The van der Waals surface area contributed by atoms with E-state index >= 15 is 0 Å². The van der Waals surface area contributed by atoms with Crippen molar-refractivity contribution in [1.29, 1.82) is 0 Å². The van der Waals surface area contributed by atoms with Crippen molar-refractivity contribution < 1.29 is 18.4 Å². The van der Waals surface area contributed by atoms with Crippen LogP contribution in [-0.4, -0.2) is 65.4 Å². The molecular formula is C22H29FN4O3. The number of hydrogen-bond donors (Lipinski definition) is 1. The predicted octanol–water partition coefficient (Wildman–Crippen LogP) is 2.72. The first-order valence-electron chi connectivity index (χ1n) is 10.4. The summed E-state index contributed by atoms with van der Waals surface area (Å²) in [5.74, 6) is -0.00744. The summed E-state index contributed by atoms with van der Waals surface area (Å²) in [6.07, 6.45) is 1.44. The summed E-state index contributed by atoms with van der Waals surface area (Å²) in [6, 6.07) is 5.76. The molecule has 0 bridgehead atoms. The zero-order valence-corrected chi connectivity index (χ0v) is 17.8. The Kier molecular flexibility index (Phi) is 7.20. The lowest BCUT2D eigenvalue weighted by molar-refractivity contribution is -0.130. The number of benzene rings is 1. The van der Waals surface area contributed by atoms with Crippen LogP contribution < -0.4 is 5.32 Å². The topological polar surface area (TPSA) is 78.7 Å². The van der Waals surface area contributed by atoms with Gasteiger partial charge in [-0.1, -0.05) is 13.3 Å². The van der Waals surface area contributed by atoms with Gasteiger partial charge in [0.25, 0.3) is 5.91 Å². The molecule has 1 aliphatic rings. The van der Waals surface area contributed by atoms with Gasteiger partial charge in [0.2, 0.25) is 17.6 Å². The Morgan fingerprint density at radius 2 is 1.87 bits per heavy atom. The standard InChI is InChI=1S/C22H29FN4O3/c1-4-5-19-20(30-22(25-19)17-6-8-18(23)9-7-17)21(29)24-15(2)14-26-10-12-27(13-11-26)16(3)28/h6-9,15H,4-5,10-14H2,1-3H3,(H,24,29)/t15-/m1/s1. The molecule has 7 nitrogen and oxygen atoms in total. The molecule has 0 saturated carbocycles. The molecule has 2 heterocycles. The summed E-state index contributed by atoms with van der Waals surface area (Å²) < 4.78 is 19.0. The van der Waals surface area contributed by atoms with E-state index in [1.807, 2.05) is 18.7 Å². The number of rotatable bonds is 7. The summed E-state index contributed by atoms with van der Waals surface area (Å²) in [4.78, 5) is 32.9. The zero-order valence-electron chi connectivity index (χ0n) is 17.8. The van der Waals surface area contributed by atoms with E-state index in [0.29, 0.717) is 43.2 Å². The number of aryl methyl sites for hydroxylation is 1. The molecule has 2 aromatic rings. The number of oxazole rings is 1. The highest BCUT2D eigenvalue weighted by Gasteiger charge is 2.24. The van der Waals surface area contributed by atoms with Gasteiger partial charge in [0.05, 0.1) is 5.69 Å². The first-order valence-corrected chi connectivity index (χ1v) is 10.4. The van der Waals surface area contributed by atoms with E-state index in [1.54, 1.807) is 19.1 Å². The van der Waals surface area contributed by atoms with Gasteiger partial charge >= 0.3 is 0 Å². The first kappa shape index (κ1) is 22.0. The maximum Gasteiger partial charge on any atom is 0.289 e. The highest BCUT2D eigenvalue weighted by atomic mass is 19.1. The quantitative estimate of drug-likeness (QED) is 0.751. The van der Waals surface area contributed by atoms with Gasteiger partial charge in [-0.05, 0) is 37.6 Å². The summed E-state index contributed by atoms with van der Waals surface area (Å²) >= 11 is 0. The molecule has 162 valence electrons. The van der Waals surface area contributed by atoms with Gasteiger partial charge in [0.15, 0.2) is 0 Å². The van der Waals surface area contributed by atoms with Crippen LogP contribution in [0.2, 0.25) is 0 Å². The Morgan fingerprint density at radius 3 is 2.47 bits per heavy atom. The minimum atomic E-state index is -0.338. The summed E-state index contributed by atoms with van der Waals surface area (Å²) in [5.41, 5.74) is 1.24. The van der Waals surface area contributed by atoms with E-state index in [0.717, 1.165) is 19.5 Å². The third-order valence-electron chi connectivity index (χ3n) is 5.21. The highest BCUT2D eigenvalue weighted by molar-refractivity contribution is 5.93. The van der Waals surface area contributed by atoms with E-state index in [2.05, 4.69) is 15.2 Å². The van der Waals surface area contributed by atoms with Crippen molar-refractivity contribution in [1.82, 2.24) is 20.1 Å². The molecule has 1 aromatic heterocycles. The summed E-state index contributed by atoms with van der Waals surface area (Å²) in [6.45, 7) is 9.24. The van der Waals surface area contributed by atoms with Crippen LogP contribution in [0.15, 0.2) is 28.7 Å². The SMILES string of the molecule is CCCc1nc(-c2ccc(F)cc2)oc1C(=O)N[C@H](C)CN1CCN(C(C)=O)CC1. The molecule has 1 fully saturated rings. The third-order valence-corrected chi connectivity index (χ3v) is 5.21. The summed E-state index contributed by atoms with van der Waals surface area (Å²) in [5, 5.41) is 3.00. The molecule has 2 amide bonds. The second kappa shape index (κ2) is 9.84. The van der Waals surface area contributed by atoms with E-state index in [1.165, 1.54) is 12.1 Å². The fourth-order valence-electron chi connectivity index (χ4n) is 3.62. The lowest BCUT2D eigenvalue weighted by atomic mass is 10.2. The molecule has 0 radical (unpaired) electrons. The number of amides is 2. The minimum absolute atomic E-state index is 0.0878. The van der Waals surface area contributed by atoms with Crippen LogP contribution in [-0.2, 0) is 11.2 Å². The van der Waals surface area contributed by atoms with Crippen molar-refractivity contribution in [2.24, 2.45) is 0 Å². The van der Waals surface area contributed by atoms with Crippen LogP contribution in [0, 0.1) is 5.82 Å². The van der Waals surface area contributed by atoms with Gasteiger partial charge < -0.3 is 14.6 Å². The highest BCUT2D eigenvalue weighted by Crippen LogP contribution is 2.23. The molecule has 1 atom stereocenters. The maximum atomic E-state index is 13.2. The number of halogens is 1. The molecule has 0 unspecified atom stereocenters. The summed E-state index contributed by atoms with van der Waals surface area (Å²) in [7, 11) is 0. The second-order valence-corrected chi connectivity index (χ2v) is 7.73. The van der Waals surface area contributed by atoms with Crippen LogP contribution in [0.3, 0.4) is 0 Å². The van der Waals surface area contributed by atoms with Crippen molar-refractivity contribution in [3.8, 4) is 11.5 Å². The Labute approximate surface area is 176 Å².